The number of aliphatic carboxylic acids is 1. The molecule has 1 atom stereocenters. The predicted molar refractivity (Wildman–Crippen MR) is 28.2 cm³/mol. The van der Waals surface area contributed by atoms with Crippen LogP contribution in [0.2, 0.25) is 0 Å². The third kappa shape index (κ3) is 17.7. The fraction of sp³-hybridized carbons (Fsp3) is 0.667. The summed E-state index contributed by atoms with van der Waals surface area (Å²) < 4.78 is 0. The van der Waals surface area contributed by atoms with Crippen LogP contribution in [0, 0.1) is 0 Å². The molecule has 0 saturated heterocycles. The van der Waals surface area contributed by atoms with Crippen LogP contribution in [0.1, 0.15) is 6.92 Å². The van der Waals surface area contributed by atoms with Gasteiger partial charge in [-0.2, -0.15) is 0 Å². The molecule has 0 heterocycles. The van der Waals surface area contributed by atoms with Crippen LogP contribution in [-0.4, -0.2) is 78.0 Å². The third-order valence-corrected chi connectivity index (χ3v) is 0.341. The summed E-state index contributed by atoms with van der Waals surface area (Å²) in [7, 11) is 0. The van der Waals surface area contributed by atoms with Crippen LogP contribution in [-0.2, 0) is 4.79 Å². The van der Waals surface area contributed by atoms with Crippen molar-refractivity contribution in [2.45, 2.75) is 13.0 Å². The molecular formula is C3H5CaClMgO3+2. The van der Waals surface area contributed by atoms with E-state index >= 15 is 0 Å². The quantitative estimate of drug-likeness (QED) is 0.418. The minimum Gasteiger partial charge on any atom is -1.00 e. The zero-order valence-corrected chi connectivity index (χ0v) is 9.51. The Morgan fingerprint density at radius 1 is 1.67 bits per heavy atom. The van der Waals surface area contributed by atoms with Gasteiger partial charge in [-0.25, -0.2) is 0 Å². The molecule has 0 aromatic rings. The standard InChI is InChI=1S/C3H6O3.Ca.ClH.Mg/c1-2(4)3(5)6;;;/h2,4H,1H3,(H,5,6);;1H;/q;+2;;+2/p-2. The number of carboxylic acids is 1. The average Bonchev–Trinajstić information content (AvgIpc) is 1.36. The van der Waals surface area contributed by atoms with Gasteiger partial charge in [0, 0.05) is 0 Å². The number of carboxylic acid groups (broad SMARTS) is 1. The Morgan fingerprint density at radius 3 is 1.78 bits per heavy atom. The first kappa shape index (κ1) is 22.4. The maximum Gasteiger partial charge on any atom is 2.00 e. The summed E-state index contributed by atoms with van der Waals surface area (Å²) >= 11 is 0. The minimum absolute atomic E-state index is 0. The fourth-order valence-corrected chi connectivity index (χ4v) is 0. The number of hydrogen-bond donors (Lipinski definition) is 1. The second kappa shape index (κ2) is 12.4. The second-order valence-electron chi connectivity index (χ2n) is 0.995. The van der Waals surface area contributed by atoms with Gasteiger partial charge in [-0.05, 0) is 6.92 Å². The molecule has 0 radical (unpaired) electrons. The van der Waals surface area contributed by atoms with E-state index in [1.807, 2.05) is 0 Å². The van der Waals surface area contributed by atoms with E-state index in [0.717, 1.165) is 6.92 Å². The summed E-state index contributed by atoms with van der Waals surface area (Å²) in [4.78, 5) is 9.34. The van der Waals surface area contributed by atoms with Crippen molar-refractivity contribution in [3.8, 4) is 0 Å². The normalized spacial score (nSPS) is 9.11. The summed E-state index contributed by atoms with van der Waals surface area (Å²) in [5, 5.41) is 17.3. The van der Waals surface area contributed by atoms with Crippen LogP contribution >= 0.6 is 0 Å². The minimum atomic E-state index is -1.44. The first-order chi connectivity index (χ1) is 2.64. The molecule has 1 unspecified atom stereocenters. The van der Waals surface area contributed by atoms with Gasteiger partial charge in [0.1, 0.15) is 0 Å². The molecule has 0 saturated carbocycles. The maximum absolute atomic E-state index is 9.34. The Labute approximate surface area is 106 Å². The van der Waals surface area contributed by atoms with Crippen LogP contribution in [0.3, 0.4) is 0 Å². The van der Waals surface area contributed by atoms with E-state index in [4.69, 9.17) is 5.11 Å². The fourth-order valence-electron chi connectivity index (χ4n) is 0. The molecule has 3 nitrogen and oxygen atoms in total. The van der Waals surface area contributed by atoms with Crippen LogP contribution < -0.4 is 17.5 Å². The summed E-state index contributed by atoms with van der Waals surface area (Å²) in [6.45, 7) is 1.13. The molecule has 0 aliphatic carbocycles. The van der Waals surface area contributed by atoms with E-state index in [0.29, 0.717) is 0 Å². The molecule has 0 bridgehead atoms. The van der Waals surface area contributed by atoms with Crippen molar-refractivity contribution in [2.24, 2.45) is 0 Å². The van der Waals surface area contributed by atoms with Gasteiger partial charge >= 0.3 is 60.8 Å². The summed E-state index contributed by atoms with van der Waals surface area (Å²) in [5.41, 5.74) is 0. The molecular weight excluding hydrogens is 184 g/mol. The topological polar surface area (TPSA) is 60.4 Å². The number of rotatable bonds is 1. The van der Waals surface area contributed by atoms with Gasteiger partial charge in [-0.15, -0.1) is 0 Å². The number of aliphatic hydroxyl groups excluding tert-OH is 1. The van der Waals surface area contributed by atoms with Gasteiger partial charge in [-0.1, -0.05) is 0 Å². The zero-order chi connectivity index (χ0) is 5.15. The Bertz CT molecular complexity index is 70.1. The van der Waals surface area contributed by atoms with Crippen molar-refractivity contribution >= 4 is 66.8 Å². The Morgan fingerprint density at radius 2 is 1.78 bits per heavy atom. The van der Waals surface area contributed by atoms with Crippen molar-refractivity contribution in [3.63, 3.8) is 0 Å². The molecule has 0 amide bonds. The number of carbonyl (C=O) groups excluding carboxylic acids is 1. The van der Waals surface area contributed by atoms with Crippen LogP contribution in [0.15, 0.2) is 0 Å². The Balaban J connectivity index is -0.0000000417. The van der Waals surface area contributed by atoms with E-state index in [1.54, 1.807) is 0 Å². The van der Waals surface area contributed by atoms with E-state index in [2.05, 4.69) is 0 Å². The number of hydrogen-bond acceptors (Lipinski definition) is 3. The molecule has 0 rings (SSSR count). The Hall–Kier alpha value is 1.75. The monoisotopic (exact) mass is 188 g/mol. The molecule has 0 fully saturated rings. The number of carbonyl (C=O) groups is 1. The van der Waals surface area contributed by atoms with E-state index in [1.165, 1.54) is 0 Å². The van der Waals surface area contributed by atoms with Crippen LogP contribution in [0.5, 0.6) is 0 Å². The Kier molecular flexibility index (Phi) is 31.0. The van der Waals surface area contributed by atoms with Crippen molar-refractivity contribution in [1.29, 1.82) is 0 Å². The average molecular weight is 189 g/mol. The molecule has 44 valence electrons. The maximum atomic E-state index is 9.34. The van der Waals surface area contributed by atoms with E-state index in [9.17, 15) is 9.90 Å². The van der Waals surface area contributed by atoms with Gasteiger partial charge in [-0.3, -0.25) is 0 Å². The van der Waals surface area contributed by atoms with Gasteiger partial charge in [0.15, 0.2) is 0 Å². The molecule has 0 aliphatic rings. The number of halogens is 1. The van der Waals surface area contributed by atoms with Gasteiger partial charge in [0.25, 0.3) is 0 Å². The molecule has 0 aromatic carbocycles. The van der Waals surface area contributed by atoms with Crippen molar-refractivity contribution in [1.82, 2.24) is 0 Å². The van der Waals surface area contributed by atoms with Gasteiger partial charge in [0.05, 0.1) is 12.1 Å². The van der Waals surface area contributed by atoms with Crippen LogP contribution in [0.25, 0.3) is 0 Å². The van der Waals surface area contributed by atoms with Crippen LogP contribution in [0.4, 0.5) is 0 Å². The molecule has 0 aromatic heterocycles. The summed E-state index contributed by atoms with van der Waals surface area (Å²) in [6.07, 6.45) is -1.34. The predicted octanol–water partition coefficient (Wildman–Crippen LogP) is -5.64. The second-order valence-corrected chi connectivity index (χ2v) is 0.995. The summed E-state index contributed by atoms with van der Waals surface area (Å²) in [5.74, 6) is -1.44. The molecule has 6 heteroatoms. The number of aliphatic hydroxyl groups is 1. The van der Waals surface area contributed by atoms with Crippen molar-refractivity contribution in [3.05, 3.63) is 0 Å². The largest absolute Gasteiger partial charge is 2.00 e. The van der Waals surface area contributed by atoms with Crippen molar-refractivity contribution < 1.29 is 27.4 Å². The summed E-state index contributed by atoms with van der Waals surface area (Å²) in [6, 6.07) is 0. The van der Waals surface area contributed by atoms with Gasteiger partial charge in [0.2, 0.25) is 0 Å². The molecule has 0 aliphatic heterocycles. The molecule has 9 heavy (non-hydrogen) atoms. The van der Waals surface area contributed by atoms with Gasteiger partial charge < -0.3 is 27.4 Å². The first-order valence-electron chi connectivity index (χ1n) is 1.53. The molecule has 1 N–H and O–H groups in total. The zero-order valence-electron chi connectivity index (χ0n) is 5.13. The molecule has 0 spiro atoms. The smallest absolute Gasteiger partial charge is 1.00 e. The first-order valence-corrected chi connectivity index (χ1v) is 1.53. The van der Waals surface area contributed by atoms with Crippen molar-refractivity contribution in [2.75, 3.05) is 0 Å². The van der Waals surface area contributed by atoms with E-state index in [-0.39, 0.29) is 73.2 Å². The SMILES string of the molecule is CC(O)C(=O)[O-].[Ca+2].[Cl-].[Mg+2]. The van der Waals surface area contributed by atoms with E-state index < -0.39 is 12.1 Å². The third-order valence-electron chi connectivity index (χ3n) is 0.341.